The van der Waals surface area contributed by atoms with Crippen molar-refractivity contribution in [3.8, 4) is 11.1 Å². The van der Waals surface area contributed by atoms with Gasteiger partial charge in [0.1, 0.15) is 12.6 Å². The average molecular weight is 452 g/mol. The SMILES string of the molecule is CN(C)CC(NC(=O)CC1(NC(=O)OCC2c3ccccc3-c3ccccc32)CC1)C(=O)O. The Morgan fingerprint density at radius 2 is 1.64 bits per heavy atom. The van der Waals surface area contributed by atoms with Gasteiger partial charge in [-0.2, -0.15) is 0 Å². The molecule has 8 heteroatoms. The number of carbonyl (C=O) groups excluding carboxylic acids is 2. The molecule has 8 nitrogen and oxygen atoms in total. The molecule has 0 bridgehead atoms. The third-order valence-electron chi connectivity index (χ3n) is 6.24. The molecule has 1 saturated carbocycles. The normalized spacial score (nSPS) is 16.5. The van der Waals surface area contributed by atoms with E-state index in [4.69, 9.17) is 4.74 Å². The van der Waals surface area contributed by atoms with E-state index in [2.05, 4.69) is 34.9 Å². The first-order valence-corrected chi connectivity index (χ1v) is 11.1. The van der Waals surface area contributed by atoms with Crippen molar-refractivity contribution in [1.82, 2.24) is 15.5 Å². The molecule has 2 aliphatic carbocycles. The highest BCUT2D eigenvalue weighted by atomic mass is 16.5. The molecule has 2 aromatic rings. The molecule has 0 heterocycles. The number of benzene rings is 2. The van der Waals surface area contributed by atoms with Crippen LogP contribution in [0.2, 0.25) is 0 Å². The van der Waals surface area contributed by atoms with Gasteiger partial charge in [0, 0.05) is 18.9 Å². The zero-order valence-corrected chi connectivity index (χ0v) is 18.8. The summed E-state index contributed by atoms with van der Waals surface area (Å²) in [5.41, 5.74) is 3.90. The summed E-state index contributed by atoms with van der Waals surface area (Å²) in [6, 6.07) is 15.2. The fourth-order valence-electron chi connectivity index (χ4n) is 4.45. The van der Waals surface area contributed by atoms with E-state index in [1.54, 1.807) is 19.0 Å². The standard InChI is InChI=1S/C25H29N3O5/c1-28(2)14-21(23(30)31)26-22(29)13-25(11-12-25)27-24(32)33-15-20-18-9-5-3-7-16(18)17-8-4-6-10-19(17)20/h3-10,20-21H,11-15H2,1-2H3,(H,26,29)(H,27,32)(H,30,31). The molecule has 1 fully saturated rings. The lowest BCUT2D eigenvalue weighted by Crippen LogP contribution is -2.49. The zero-order chi connectivity index (χ0) is 23.6. The second-order valence-electron chi connectivity index (χ2n) is 9.13. The van der Waals surface area contributed by atoms with Crippen LogP contribution < -0.4 is 10.6 Å². The summed E-state index contributed by atoms with van der Waals surface area (Å²) in [6.07, 6.45) is 0.755. The topological polar surface area (TPSA) is 108 Å². The first-order valence-electron chi connectivity index (χ1n) is 11.1. The molecule has 0 aliphatic heterocycles. The van der Waals surface area contributed by atoms with Gasteiger partial charge in [0.05, 0.1) is 5.54 Å². The van der Waals surface area contributed by atoms with E-state index in [1.807, 2.05) is 24.3 Å². The largest absolute Gasteiger partial charge is 0.480 e. The highest BCUT2D eigenvalue weighted by Gasteiger charge is 2.46. The summed E-state index contributed by atoms with van der Waals surface area (Å²) in [4.78, 5) is 38.1. The summed E-state index contributed by atoms with van der Waals surface area (Å²) < 4.78 is 5.59. The quantitative estimate of drug-likeness (QED) is 0.541. The number of hydrogen-bond donors (Lipinski definition) is 3. The number of carboxylic acid groups (broad SMARTS) is 1. The second kappa shape index (κ2) is 9.23. The van der Waals surface area contributed by atoms with Crippen molar-refractivity contribution in [3.63, 3.8) is 0 Å². The van der Waals surface area contributed by atoms with Gasteiger partial charge < -0.3 is 25.4 Å². The number of likely N-dealkylation sites (N-methyl/N-ethyl adjacent to an activating group) is 1. The molecule has 0 saturated heterocycles. The van der Waals surface area contributed by atoms with Crippen molar-refractivity contribution in [3.05, 3.63) is 59.7 Å². The number of hydrogen-bond acceptors (Lipinski definition) is 5. The van der Waals surface area contributed by atoms with Crippen molar-refractivity contribution >= 4 is 18.0 Å². The Hall–Kier alpha value is -3.39. The Balaban J connectivity index is 1.33. The van der Waals surface area contributed by atoms with Crippen LogP contribution in [0, 0.1) is 0 Å². The van der Waals surface area contributed by atoms with Gasteiger partial charge >= 0.3 is 12.1 Å². The highest BCUT2D eigenvalue weighted by Crippen LogP contribution is 2.44. The molecule has 1 unspecified atom stereocenters. The number of alkyl carbamates (subject to hydrolysis) is 1. The van der Waals surface area contributed by atoms with E-state index < -0.39 is 29.6 Å². The predicted molar refractivity (Wildman–Crippen MR) is 123 cm³/mol. The van der Waals surface area contributed by atoms with Crippen LogP contribution >= 0.6 is 0 Å². The van der Waals surface area contributed by atoms with Crippen molar-refractivity contribution in [2.75, 3.05) is 27.2 Å². The van der Waals surface area contributed by atoms with Crippen molar-refractivity contribution < 1.29 is 24.2 Å². The Morgan fingerprint density at radius 1 is 1.06 bits per heavy atom. The minimum Gasteiger partial charge on any atom is -0.480 e. The van der Waals surface area contributed by atoms with Crippen molar-refractivity contribution in [2.45, 2.75) is 36.8 Å². The number of nitrogens with one attached hydrogen (secondary N) is 2. The monoisotopic (exact) mass is 451 g/mol. The number of aliphatic carboxylic acids is 1. The number of carbonyl (C=O) groups is 3. The lowest BCUT2D eigenvalue weighted by Gasteiger charge is -2.22. The summed E-state index contributed by atoms with van der Waals surface area (Å²) in [6.45, 7) is 0.389. The van der Waals surface area contributed by atoms with Crippen LogP contribution in [0.4, 0.5) is 4.79 Å². The maximum Gasteiger partial charge on any atom is 0.407 e. The molecule has 3 N–H and O–H groups in total. The lowest BCUT2D eigenvalue weighted by atomic mass is 9.98. The van der Waals surface area contributed by atoms with E-state index in [-0.39, 0.29) is 25.5 Å². The van der Waals surface area contributed by atoms with Gasteiger partial charge in [-0.1, -0.05) is 48.5 Å². The van der Waals surface area contributed by atoms with Gasteiger partial charge in [0.2, 0.25) is 5.91 Å². The third-order valence-corrected chi connectivity index (χ3v) is 6.24. The Morgan fingerprint density at radius 3 is 2.15 bits per heavy atom. The number of rotatable bonds is 9. The number of fused-ring (bicyclic) bond motifs is 3. The molecule has 0 spiro atoms. The molecule has 174 valence electrons. The summed E-state index contributed by atoms with van der Waals surface area (Å²) in [5, 5.41) is 14.7. The van der Waals surface area contributed by atoms with Gasteiger partial charge in [-0.3, -0.25) is 4.79 Å². The van der Waals surface area contributed by atoms with Gasteiger partial charge in [0.15, 0.2) is 0 Å². The maximum absolute atomic E-state index is 12.6. The smallest absolute Gasteiger partial charge is 0.407 e. The van der Waals surface area contributed by atoms with Gasteiger partial charge in [-0.05, 0) is 49.2 Å². The van der Waals surface area contributed by atoms with Crippen molar-refractivity contribution in [2.24, 2.45) is 0 Å². The molecule has 4 rings (SSSR count). The third kappa shape index (κ3) is 5.17. The highest BCUT2D eigenvalue weighted by molar-refractivity contribution is 5.85. The summed E-state index contributed by atoms with van der Waals surface area (Å²) in [5.74, 6) is -1.53. The summed E-state index contributed by atoms with van der Waals surface area (Å²) in [7, 11) is 3.48. The van der Waals surface area contributed by atoms with Gasteiger partial charge in [-0.25, -0.2) is 9.59 Å². The van der Waals surface area contributed by atoms with Crippen LogP contribution in [-0.2, 0) is 14.3 Å². The molecule has 2 aromatic carbocycles. The summed E-state index contributed by atoms with van der Waals surface area (Å²) >= 11 is 0. The first-order chi connectivity index (χ1) is 15.8. The molecule has 0 radical (unpaired) electrons. The molecular formula is C25H29N3O5. The zero-order valence-electron chi connectivity index (χ0n) is 18.8. The second-order valence-corrected chi connectivity index (χ2v) is 9.13. The molecule has 1 atom stereocenters. The molecule has 0 aromatic heterocycles. The minimum absolute atomic E-state index is 0.0222. The van der Waals surface area contributed by atoms with Crippen LogP contribution in [0.3, 0.4) is 0 Å². The van der Waals surface area contributed by atoms with E-state index in [1.165, 1.54) is 0 Å². The van der Waals surface area contributed by atoms with E-state index in [0.29, 0.717) is 12.8 Å². The molecule has 2 amide bonds. The first kappa shape index (κ1) is 22.8. The fraction of sp³-hybridized carbons (Fsp3) is 0.400. The van der Waals surface area contributed by atoms with Crippen LogP contribution in [-0.4, -0.2) is 66.8 Å². The van der Waals surface area contributed by atoms with E-state index in [0.717, 1.165) is 22.3 Å². The lowest BCUT2D eigenvalue weighted by molar-refractivity contribution is -0.142. The van der Waals surface area contributed by atoms with Crippen LogP contribution in [0.25, 0.3) is 11.1 Å². The number of amides is 2. The number of ether oxygens (including phenoxy) is 1. The fourth-order valence-corrected chi connectivity index (χ4v) is 4.45. The number of nitrogens with zero attached hydrogens (tertiary/aromatic N) is 1. The van der Waals surface area contributed by atoms with Crippen LogP contribution in [0.5, 0.6) is 0 Å². The Labute approximate surface area is 192 Å². The van der Waals surface area contributed by atoms with Crippen molar-refractivity contribution in [1.29, 1.82) is 0 Å². The van der Waals surface area contributed by atoms with Gasteiger partial charge in [-0.15, -0.1) is 0 Å². The minimum atomic E-state index is -1.09. The van der Waals surface area contributed by atoms with E-state index >= 15 is 0 Å². The average Bonchev–Trinajstić information content (AvgIpc) is 3.43. The Bertz CT molecular complexity index is 1020. The van der Waals surface area contributed by atoms with Crippen LogP contribution in [0.1, 0.15) is 36.3 Å². The molecule has 33 heavy (non-hydrogen) atoms. The van der Waals surface area contributed by atoms with Gasteiger partial charge in [0.25, 0.3) is 0 Å². The predicted octanol–water partition coefficient (Wildman–Crippen LogP) is 2.58. The van der Waals surface area contributed by atoms with Crippen LogP contribution in [0.15, 0.2) is 48.5 Å². The maximum atomic E-state index is 12.6. The Kier molecular flexibility index (Phi) is 6.37. The molecule has 2 aliphatic rings. The van der Waals surface area contributed by atoms with E-state index in [9.17, 15) is 19.5 Å². The number of carboxylic acids is 1. The molecular weight excluding hydrogens is 422 g/mol.